The monoisotopic (exact) mass is 515 g/mol. The Morgan fingerprint density at radius 1 is 1.00 bits per heavy atom. The number of nitrogens with zero attached hydrogens (tertiary/aromatic N) is 4. The Labute approximate surface area is 222 Å². The molecule has 0 aliphatic carbocycles. The molecule has 0 bridgehead atoms. The van der Waals surface area contributed by atoms with Gasteiger partial charge >= 0.3 is 0 Å². The highest BCUT2D eigenvalue weighted by atomic mass is 16.5. The quantitative estimate of drug-likeness (QED) is 0.352. The normalized spacial score (nSPS) is 12.1. The zero-order chi connectivity index (χ0) is 27.3. The number of para-hydroxylation sites is 3. The molecule has 4 rings (SSSR count). The van der Waals surface area contributed by atoms with Crippen molar-refractivity contribution in [1.82, 2.24) is 20.3 Å². The summed E-state index contributed by atoms with van der Waals surface area (Å²) in [6.07, 6.45) is 0. The van der Waals surface area contributed by atoms with Crippen molar-refractivity contribution in [2.24, 2.45) is 0 Å². The Balaban J connectivity index is 1.84. The van der Waals surface area contributed by atoms with Gasteiger partial charge in [-0.25, -0.2) is 4.68 Å². The fraction of sp³-hybridized carbons (Fsp3) is 0.310. The molecule has 0 aliphatic heterocycles. The molecule has 1 N–H and O–H groups in total. The van der Waals surface area contributed by atoms with Gasteiger partial charge in [0.25, 0.3) is 0 Å². The van der Waals surface area contributed by atoms with Crippen LogP contribution in [0.1, 0.15) is 39.3 Å². The summed E-state index contributed by atoms with van der Waals surface area (Å²) in [6.45, 7) is 7.99. The predicted molar refractivity (Wildman–Crippen MR) is 146 cm³/mol. The van der Waals surface area contributed by atoms with E-state index in [0.717, 1.165) is 5.52 Å². The van der Waals surface area contributed by atoms with Gasteiger partial charge in [0.2, 0.25) is 11.8 Å². The van der Waals surface area contributed by atoms with Crippen LogP contribution >= 0.6 is 0 Å². The maximum atomic E-state index is 14.2. The lowest BCUT2D eigenvalue weighted by molar-refractivity contribution is -0.128. The van der Waals surface area contributed by atoms with Gasteiger partial charge in [-0.15, -0.1) is 5.10 Å². The van der Waals surface area contributed by atoms with Crippen molar-refractivity contribution in [2.75, 3.05) is 18.6 Å². The zero-order valence-electron chi connectivity index (χ0n) is 22.3. The molecular formula is C29H33N5O4. The highest BCUT2D eigenvalue weighted by Crippen LogP contribution is 2.36. The van der Waals surface area contributed by atoms with Crippen LogP contribution in [0, 0.1) is 0 Å². The molecule has 3 aromatic carbocycles. The van der Waals surface area contributed by atoms with Crippen molar-refractivity contribution in [3.63, 3.8) is 0 Å². The number of carbonyl (C=O) groups excluding carboxylic acids is 2. The lowest BCUT2D eigenvalue weighted by atomic mass is 10.0. The number of methoxy groups -OCH3 is 1. The lowest BCUT2D eigenvalue weighted by Gasteiger charge is -2.34. The summed E-state index contributed by atoms with van der Waals surface area (Å²) in [5.41, 5.74) is 1.96. The molecule has 0 radical (unpaired) electrons. The lowest BCUT2D eigenvalue weighted by Crippen LogP contribution is -2.50. The van der Waals surface area contributed by atoms with Gasteiger partial charge in [0, 0.05) is 5.54 Å². The van der Waals surface area contributed by atoms with Gasteiger partial charge in [0.05, 0.1) is 24.9 Å². The fourth-order valence-electron chi connectivity index (χ4n) is 4.25. The molecule has 0 fully saturated rings. The summed E-state index contributed by atoms with van der Waals surface area (Å²) in [4.78, 5) is 29.5. The molecule has 0 unspecified atom stereocenters. The van der Waals surface area contributed by atoms with E-state index in [2.05, 4.69) is 15.6 Å². The Morgan fingerprint density at radius 2 is 1.68 bits per heavy atom. The number of fused-ring (bicyclic) bond motifs is 1. The van der Waals surface area contributed by atoms with Crippen LogP contribution in [0.15, 0.2) is 72.8 Å². The van der Waals surface area contributed by atoms with Crippen LogP contribution in [-0.4, -0.2) is 46.1 Å². The first kappa shape index (κ1) is 26.7. The maximum Gasteiger partial charge on any atom is 0.249 e. The van der Waals surface area contributed by atoms with E-state index in [-0.39, 0.29) is 18.4 Å². The number of amides is 2. The molecule has 2 amide bonds. The van der Waals surface area contributed by atoms with Crippen LogP contribution in [0.4, 0.5) is 5.69 Å². The smallest absolute Gasteiger partial charge is 0.249 e. The summed E-state index contributed by atoms with van der Waals surface area (Å²) >= 11 is 0. The first-order valence-electron chi connectivity index (χ1n) is 12.5. The number of aromatic nitrogens is 3. The summed E-state index contributed by atoms with van der Waals surface area (Å²) in [6, 6.07) is 20.8. The summed E-state index contributed by atoms with van der Waals surface area (Å²) in [5, 5.41) is 11.4. The van der Waals surface area contributed by atoms with Crippen molar-refractivity contribution >= 4 is 28.5 Å². The van der Waals surface area contributed by atoms with E-state index in [1.165, 1.54) is 16.7 Å². The molecule has 9 nitrogen and oxygen atoms in total. The highest BCUT2D eigenvalue weighted by molar-refractivity contribution is 6.02. The average molecular weight is 516 g/mol. The standard InChI is InChI=1S/C29H33N5O4/c1-6-38-21-17-15-20(16-18-21)27(28(36)30-29(2,3)4)34(24-13-9-10-14-25(24)37-5)26(35)19-33-23-12-8-7-11-22(23)31-32-33/h7-18,27H,6,19H2,1-5H3,(H,30,36)/t27-/m1/s1. The summed E-state index contributed by atoms with van der Waals surface area (Å²) in [5.74, 6) is 0.455. The third-order valence-corrected chi connectivity index (χ3v) is 5.83. The summed E-state index contributed by atoms with van der Waals surface area (Å²) in [7, 11) is 1.54. The topological polar surface area (TPSA) is 98.6 Å². The van der Waals surface area contributed by atoms with Crippen LogP contribution in [0.25, 0.3) is 11.0 Å². The van der Waals surface area contributed by atoms with Gasteiger partial charge in [-0.2, -0.15) is 0 Å². The van der Waals surface area contributed by atoms with Crippen molar-refractivity contribution in [2.45, 2.75) is 45.8 Å². The number of benzene rings is 3. The van der Waals surface area contributed by atoms with Crippen LogP contribution in [-0.2, 0) is 16.1 Å². The first-order valence-corrected chi connectivity index (χ1v) is 12.5. The molecular weight excluding hydrogens is 482 g/mol. The maximum absolute atomic E-state index is 14.2. The van der Waals surface area contributed by atoms with E-state index in [9.17, 15) is 9.59 Å². The SMILES string of the molecule is CCOc1ccc([C@H](C(=O)NC(C)(C)C)N(C(=O)Cn2nnc3ccccc32)c2ccccc2OC)cc1. The molecule has 198 valence electrons. The largest absolute Gasteiger partial charge is 0.495 e. The van der Waals surface area contributed by atoms with Gasteiger partial charge in [0.15, 0.2) is 0 Å². The molecule has 0 aliphatic rings. The number of nitrogens with one attached hydrogen (secondary N) is 1. The Kier molecular flexibility index (Phi) is 7.95. The van der Waals surface area contributed by atoms with Gasteiger partial charge < -0.3 is 14.8 Å². The van der Waals surface area contributed by atoms with Gasteiger partial charge in [-0.1, -0.05) is 41.6 Å². The van der Waals surface area contributed by atoms with Crippen molar-refractivity contribution in [3.05, 3.63) is 78.4 Å². The molecule has 0 spiro atoms. The third-order valence-electron chi connectivity index (χ3n) is 5.83. The number of carbonyl (C=O) groups is 2. The number of rotatable bonds is 9. The molecule has 38 heavy (non-hydrogen) atoms. The predicted octanol–water partition coefficient (Wildman–Crippen LogP) is 4.53. The van der Waals surface area contributed by atoms with Crippen LogP contribution in [0.5, 0.6) is 11.5 Å². The molecule has 0 saturated carbocycles. The van der Waals surface area contributed by atoms with Gasteiger partial charge in [-0.05, 0) is 69.7 Å². The zero-order valence-corrected chi connectivity index (χ0v) is 22.3. The summed E-state index contributed by atoms with van der Waals surface area (Å²) < 4.78 is 12.8. The minimum atomic E-state index is -0.997. The average Bonchev–Trinajstić information content (AvgIpc) is 3.29. The minimum Gasteiger partial charge on any atom is -0.495 e. The van der Waals surface area contributed by atoms with Gasteiger partial charge in [0.1, 0.15) is 29.6 Å². The van der Waals surface area contributed by atoms with E-state index in [1.807, 2.05) is 58.0 Å². The van der Waals surface area contributed by atoms with E-state index in [4.69, 9.17) is 9.47 Å². The molecule has 0 saturated heterocycles. The first-order chi connectivity index (χ1) is 18.2. The second-order valence-corrected chi connectivity index (χ2v) is 9.82. The molecule has 1 aromatic heterocycles. The fourth-order valence-corrected chi connectivity index (χ4v) is 4.25. The molecule has 1 heterocycles. The van der Waals surface area contributed by atoms with E-state index in [0.29, 0.717) is 34.9 Å². The number of hydrogen-bond acceptors (Lipinski definition) is 6. The van der Waals surface area contributed by atoms with Crippen molar-refractivity contribution in [3.8, 4) is 11.5 Å². The Hall–Kier alpha value is -4.40. The van der Waals surface area contributed by atoms with E-state index < -0.39 is 11.6 Å². The second-order valence-electron chi connectivity index (χ2n) is 9.82. The number of hydrogen-bond donors (Lipinski definition) is 1. The molecule has 1 atom stereocenters. The van der Waals surface area contributed by atoms with Crippen molar-refractivity contribution < 1.29 is 19.1 Å². The Morgan fingerprint density at radius 3 is 2.37 bits per heavy atom. The molecule has 4 aromatic rings. The van der Waals surface area contributed by atoms with E-state index >= 15 is 0 Å². The highest BCUT2D eigenvalue weighted by Gasteiger charge is 2.36. The van der Waals surface area contributed by atoms with Gasteiger partial charge in [-0.3, -0.25) is 14.5 Å². The number of anilines is 1. The minimum absolute atomic E-state index is 0.130. The van der Waals surface area contributed by atoms with Crippen LogP contribution < -0.4 is 19.7 Å². The van der Waals surface area contributed by atoms with Crippen molar-refractivity contribution in [1.29, 1.82) is 0 Å². The Bertz CT molecular complexity index is 1410. The number of ether oxygens (including phenoxy) is 2. The van der Waals surface area contributed by atoms with Crippen LogP contribution in [0.3, 0.4) is 0 Å². The third kappa shape index (κ3) is 5.94. The second kappa shape index (κ2) is 11.3. The molecule has 9 heteroatoms. The van der Waals surface area contributed by atoms with E-state index in [1.54, 1.807) is 42.5 Å². The van der Waals surface area contributed by atoms with Crippen LogP contribution in [0.2, 0.25) is 0 Å².